The van der Waals surface area contributed by atoms with Crippen LogP contribution in [0.3, 0.4) is 0 Å². The van der Waals surface area contributed by atoms with E-state index in [2.05, 4.69) is 21.2 Å². The van der Waals surface area contributed by atoms with Crippen molar-refractivity contribution in [3.63, 3.8) is 0 Å². The Morgan fingerprint density at radius 1 is 1.26 bits per heavy atom. The summed E-state index contributed by atoms with van der Waals surface area (Å²) in [4.78, 5) is 11.4. The Kier molecular flexibility index (Phi) is 3.76. The lowest BCUT2D eigenvalue weighted by atomic mass is 10.1. The summed E-state index contributed by atoms with van der Waals surface area (Å²) in [5, 5.41) is 3.14. The van der Waals surface area contributed by atoms with Gasteiger partial charge in [0, 0.05) is 4.47 Å². The highest BCUT2D eigenvalue weighted by atomic mass is 79.9. The summed E-state index contributed by atoms with van der Waals surface area (Å²) < 4.78 is 0.895. The average molecular weight is 320 g/mol. The molecule has 0 unspecified atom stereocenters. The number of hydrogen-bond acceptors (Lipinski definition) is 3. The molecule has 0 aliphatic rings. The van der Waals surface area contributed by atoms with Crippen LogP contribution in [0.1, 0.15) is 15.9 Å². The number of halogens is 1. The van der Waals surface area contributed by atoms with Crippen molar-refractivity contribution in [1.29, 1.82) is 0 Å². The fourth-order valence-electron chi connectivity index (χ4n) is 1.77. The molecule has 0 saturated heterocycles. The van der Waals surface area contributed by atoms with Crippen molar-refractivity contribution < 1.29 is 4.79 Å². The van der Waals surface area contributed by atoms with Crippen LogP contribution >= 0.6 is 15.9 Å². The second-order valence-corrected chi connectivity index (χ2v) is 5.10. The smallest absolute Gasteiger partial charge is 0.250 e. The number of benzene rings is 2. The van der Waals surface area contributed by atoms with Crippen molar-refractivity contribution in [3.8, 4) is 0 Å². The summed E-state index contributed by atoms with van der Waals surface area (Å²) in [6, 6.07) is 10.9. The van der Waals surface area contributed by atoms with Crippen LogP contribution in [0.5, 0.6) is 0 Å². The van der Waals surface area contributed by atoms with Crippen LogP contribution in [-0.4, -0.2) is 5.91 Å². The molecule has 1 amide bonds. The van der Waals surface area contributed by atoms with E-state index in [-0.39, 0.29) is 0 Å². The lowest BCUT2D eigenvalue weighted by molar-refractivity contribution is 0.100. The molecule has 0 radical (unpaired) electrons. The number of amides is 1. The Hall–Kier alpha value is -2.01. The average Bonchev–Trinajstić information content (AvgIpc) is 2.34. The molecule has 2 rings (SSSR count). The predicted molar refractivity (Wildman–Crippen MR) is 81.5 cm³/mol. The Bertz CT molecular complexity index is 641. The van der Waals surface area contributed by atoms with E-state index in [1.165, 1.54) is 0 Å². The molecule has 0 aromatic heterocycles. The highest BCUT2D eigenvalue weighted by Crippen LogP contribution is 2.31. The fourth-order valence-corrected chi connectivity index (χ4v) is 2.36. The van der Waals surface area contributed by atoms with E-state index in [0.29, 0.717) is 16.9 Å². The van der Waals surface area contributed by atoms with Crippen LogP contribution in [-0.2, 0) is 0 Å². The first-order valence-electron chi connectivity index (χ1n) is 5.70. The molecule has 0 fully saturated rings. The Morgan fingerprint density at radius 2 is 2.00 bits per heavy atom. The standard InChI is InChI=1S/C14H14BrN3O/c1-8-5-6-12(10(15)7-8)18-13-9(14(17)19)3-2-4-11(13)16/h2-7,18H,16H2,1H3,(H2,17,19). The van der Waals surface area contributed by atoms with Crippen molar-refractivity contribution in [3.05, 3.63) is 52.0 Å². The van der Waals surface area contributed by atoms with E-state index in [1.807, 2.05) is 25.1 Å². The number of carbonyl (C=O) groups excluding carboxylic acids is 1. The monoisotopic (exact) mass is 319 g/mol. The van der Waals surface area contributed by atoms with Crippen LogP contribution < -0.4 is 16.8 Å². The van der Waals surface area contributed by atoms with Gasteiger partial charge < -0.3 is 16.8 Å². The van der Waals surface area contributed by atoms with E-state index in [4.69, 9.17) is 11.5 Å². The summed E-state index contributed by atoms with van der Waals surface area (Å²) in [6.45, 7) is 2.00. The molecule has 19 heavy (non-hydrogen) atoms. The van der Waals surface area contributed by atoms with E-state index in [9.17, 15) is 4.79 Å². The zero-order chi connectivity index (χ0) is 14.0. The largest absolute Gasteiger partial charge is 0.397 e. The van der Waals surface area contributed by atoms with Gasteiger partial charge in [-0.3, -0.25) is 4.79 Å². The van der Waals surface area contributed by atoms with Crippen LogP contribution in [0.25, 0.3) is 0 Å². The quantitative estimate of drug-likeness (QED) is 0.760. The first-order chi connectivity index (χ1) is 8.99. The van der Waals surface area contributed by atoms with Crippen molar-refractivity contribution >= 4 is 38.9 Å². The third-order valence-electron chi connectivity index (χ3n) is 2.75. The zero-order valence-electron chi connectivity index (χ0n) is 10.4. The number of nitrogens with one attached hydrogen (secondary N) is 1. The number of para-hydroxylation sites is 1. The molecule has 0 heterocycles. The molecule has 0 aliphatic carbocycles. The highest BCUT2D eigenvalue weighted by molar-refractivity contribution is 9.10. The van der Waals surface area contributed by atoms with Gasteiger partial charge in [-0.2, -0.15) is 0 Å². The van der Waals surface area contributed by atoms with E-state index >= 15 is 0 Å². The van der Waals surface area contributed by atoms with Gasteiger partial charge in [0.2, 0.25) is 0 Å². The van der Waals surface area contributed by atoms with Gasteiger partial charge in [-0.25, -0.2) is 0 Å². The normalized spacial score (nSPS) is 10.2. The molecule has 2 aromatic rings. The van der Waals surface area contributed by atoms with E-state index < -0.39 is 5.91 Å². The molecule has 0 aliphatic heterocycles. The number of nitrogen functional groups attached to an aromatic ring is 1. The molecule has 5 heteroatoms. The van der Waals surface area contributed by atoms with Crippen LogP contribution in [0.4, 0.5) is 17.1 Å². The van der Waals surface area contributed by atoms with Gasteiger partial charge >= 0.3 is 0 Å². The van der Waals surface area contributed by atoms with Crippen molar-refractivity contribution in [2.45, 2.75) is 6.92 Å². The summed E-state index contributed by atoms with van der Waals surface area (Å²) in [5.41, 5.74) is 14.6. The highest BCUT2D eigenvalue weighted by Gasteiger charge is 2.12. The van der Waals surface area contributed by atoms with Gasteiger partial charge in [0.05, 0.1) is 22.6 Å². The Labute approximate surface area is 119 Å². The lowest BCUT2D eigenvalue weighted by Crippen LogP contribution is -2.14. The molecule has 4 nitrogen and oxygen atoms in total. The second-order valence-electron chi connectivity index (χ2n) is 4.24. The minimum absolute atomic E-state index is 0.368. The number of aryl methyl sites for hydroxylation is 1. The number of rotatable bonds is 3. The maximum atomic E-state index is 11.4. The van der Waals surface area contributed by atoms with Gasteiger partial charge in [0.25, 0.3) is 5.91 Å². The lowest BCUT2D eigenvalue weighted by Gasteiger charge is -2.14. The van der Waals surface area contributed by atoms with Crippen molar-refractivity contribution in [1.82, 2.24) is 0 Å². The zero-order valence-corrected chi connectivity index (χ0v) is 12.0. The molecule has 0 saturated carbocycles. The topological polar surface area (TPSA) is 81.1 Å². The molecule has 98 valence electrons. The van der Waals surface area contributed by atoms with Crippen LogP contribution in [0, 0.1) is 6.92 Å². The first kappa shape index (κ1) is 13.4. The number of nitrogens with two attached hydrogens (primary N) is 2. The maximum Gasteiger partial charge on any atom is 0.250 e. The third kappa shape index (κ3) is 2.88. The van der Waals surface area contributed by atoms with Gasteiger partial charge in [-0.1, -0.05) is 12.1 Å². The summed E-state index contributed by atoms with van der Waals surface area (Å²) >= 11 is 3.47. The Morgan fingerprint density at radius 3 is 2.63 bits per heavy atom. The van der Waals surface area contributed by atoms with Crippen molar-refractivity contribution in [2.75, 3.05) is 11.1 Å². The number of anilines is 3. The summed E-state index contributed by atoms with van der Waals surface area (Å²) in [5.74, 6) is -0.516. The van der Waals surface area contributed by atoms with Crippen LogP contribution in [0.15, 0.2) is 40.9 Å². The predicted octanol–water partition coefficient (Wildman–Crippen LogP) is 3.18. The summed E-state index contributed by atoms with van der Waals surface area (Å²) in [7, 11) is 0. The molecule has 5 N–H and O–H groups in total. The number of carbonyl (C=O) groups is 1. The Balaban J connectivity index is 2.46. The van der Waals surface area contributed by atoms with Gasteiger partial charge in [0.1, 0.15) is 0 Å². The van der Waals surface area contributed by atoms with Gasteiger partial charge in [-0.15, -0.1) is 0 Å². The maximum absolute atomic E-state index is 11.4. The van der Waals surface area contributed by atoms with Gasteiger partial charge in [0.15, 0.2) is 0 Å². The molecule has 2 aromatic carbocycles. The first-order valence-corrected chi connectivity index (χ1v) is 6.50. The second kappa shape index (κ2) is 5.32. The minimum atomic E-state index is -0.516. The molecule has 0 bridgehead atoms. The van der Waals surface area contributed by atoms with Crippen molar-refractivity contribution in [2.24, 2.45) is 5.73 Å². The molecular formula is C14H14BrN3O. The van der Waals surface area contributed by atoms with E-state index in [0.717, 1.165) is 15.7 Å². The SMILES string of the molecule is Cc1ccc(Nc2c(N)cccc2C(N)=O)c(Br)c1. The number of hydrogen-bond donors (Lipinski definition) is 3. The number of primary amides is 1. The molecular weight excluding hydrogens is 306 g/mol. The van der Waals surface area contributed by atoms with E-state index in [1.54, 1.807) is 18.2 Å². The van der Waals surface area contributed by atoms with Crippen LogP contribution in [0.2, 0.25) is 0 Å². The minimum Gasteiger partial charge on any atom is -0.397 e. The summed E-state index contributed by atoms with van der Waals surface area (Å²) in [6.07, 6.45) is 0. The molecule has 0 spiro atoms. The fraction of sp³-hybridized carbons (Fsp3) is 0.0714. The molecule has 0 atom stereocenters. The third-order valence-corrected chi connectivity index (χ3v) is 3.40. The van der Waals surface area contributed by atoms with Gasteiger partial charge in [-0.05, 0) is 52.7 Å².